The molecule has 0 aliphatic heterocycles. The highest BCUT2D eigenvalue weighted by molar-refractivity contribution is 7.92. The lowest BCUT2D eigenvalue weighted by Crippen LogP contribution is -2.13. The number of benzene rings is 2. The third-order valence-corrected chi connectivity index (χ3v) is 5.77. The number of ether oxygens (including phenoxy) is 2. The molecular weight excluding hydrogens is 380 g/mol. The van der Waals surface area contributed by atoms with Crippen molar-refractivity contribution in [2.75, 3.05) is 11.8 Å². The molecule has 0 aliphatic carbocycles. The number of hydrogen-bond acceptors (Lipinski definition) is 6. The highest BCUT2D eigenvalue weighted by atomic mass is 32.2. The Morgan fingerprint density at radius 3 is 2.32 bits per heavy atom. The van der Waals surface area contributed by atoms with Crippen LogP contribution in [0, 0.1) is 20.8 Å². The minimum Gasteiger partial charge on any atom is -0.497 e. The fourth-order valence-electron chi connectivity index (χ4n) is 2.62. The molecule has 28 heavy (non-hydrogen) atoms. The lowest BCUT2D eigenvalue weighted by Gasteiger charge is -2.12. The topological polar surface area (TPSA) is 90.7 Å². The molecule has 7 nitrogen and oxygen atoms in total. The lowest BCUT2D eigenvalue weighted by atomic mass is 10.2. The maximum Gasteiger partial charge on any atom is 0.261 e. The average molecular weight is 402 g/mol. The van der Waals surface area contributed by atoms with Crippen LogP contribution in [0.5, 0.6) is 11.5 Å². The summed E-state index contributed by atoms with van der Waals surface area (Å²) in [5.41, 5.74) is 2.92. The van der Waals surface area contributed by atoms with E-state index in [0.717, 1.165) is 16.8 Å². The molecular formula is C20H22N2O5S. The van der Waals surface area contributed by atoms with Crippen LogP contribution in [0.4, 0.5) is 5.69 Å². The van der Waals surface area contributed by atoms with E-state index >= 15 is 0 Å². The Balaban J connectivity index is 1.73. The van der Waals surface area contributed by atoms with Gasteiger partial charge in [-0.25, -0.2) is 8.42 Å². The van der Waals surface area contributed by atoms with Gasteiger partial charge >= 0.3 is 0 Å². The first-order valence-corrected chi connectivity index (χ1v) is 10.1. The Labute approximate surface area is 164 Å². The number of sulfonamides is 1. The summed E-state index contributed by atoms with van der Waals surface area (Å²) in [4.78, 5) is 0.138. The Hall–Kier alpha value is -3.00. The second-order valence-electron chi connectivity index (χ2n) is 6.35. The number of anilines is 1. The minimum atomic E-state index is -3.74. The van der Waals surface area contributed by atoms with Crippen LogP contribution in [0.3, 0.4) is 0 Å². The molecule has 8 heteroatoms. The zero-order valence-corrected chi connectivity index (χ0v) is 17.0. The zero-order chi connectivity index (χ0) is 20.3. The van der Waals surface area contributed by atoms with Crippen LogP contribution in [0.15, 0.2) is 51.9 Å². The molecule has 0 bridgehead atoms. The summed E-state index contributed by atoms with van der Waals surface area (Å²) in [6.07, 6.45) is 0. The number of nitrogens with one attached hydrogen (secondary N) is 1. The summed E-state index contributed by atoms with van der Waals surface area (Å²) in [5.74, 6) is 1.83. The Bertz CT molecular complexity index is 1050. The van der Waals surface area contributed by atoms with Gasteiger partial charge in [-0.2, -0.15) is 0 Å². The summed E-state index contributed by atoms with van der Waals surface area (Å²) in [7, 11) is -2.20. The van der Waals surface area contributed by atoms with Crippen molar-refractivity contribution in [3.8, 4) is 11.5 Å². The molecule has 1 heterocycles. The SMILES string of the molecule is COc1ccc(C)c(NS(=O)(=O)c2ccc(OCc3c(C)noc3C)cc2)c1. The van der Waals surface area contributed by atoms with Crippen LogP contribution >= 0.6 is 0 Å². The summed E-state index contributed by atoms with van der Waals surface area (Å²) >= 11 is 0. The number of hydrogen-bond donors (Lipinski definition) is 1. The molecule has 0 saturated heterocycles. The smallest absolute Gasteiger partial charge is 0.261 e. The Morgan fingerprint density at radius 1 is 1.04 bits per heavy atom. The van der Waals surface area contributed by atoms with Gasteiger partial charge in [-0.3, -0.25) is 4.72 Å². The van der Waals surface area contributed by atoms with Crippen LogP contribution in [-0.2, 0) is 16.6 Å². The fraction of sp³-hybridized carbons (Fsp3) is 0.250. The van der Waals surface area contributed by atoms with Crippen LogP contribution in [0.1, 0.15) is 22.6 Å². The molecule has 0 unspecified atom stereocenters. The summed E-state index contributed by atoms with van der Waals surface area (Å²) in [6, 6.07) is 11.5. The van der Waals surface area contributed by atoms with E-state index in [4.69, 9.17) is 14.0 Å². The van der Waals surface area contributed by atoms with E-state index in [0.29, 0.717) is 29.6 Å². The fourth-order valence-corrected chi connectivity index (χ4v) is 3.74. The van der Waals surface area contributed by atoms with E-state index in [2.05, 4.69) is 9.88 Å². The molecule has 3 rings (SSSR count). The monoisotopic (exact) mass is 402 g/mol. The zero-order valence-electron chi connectivity index (χ0n) is 16.1. The number of aryl methyl sites for hydroxylation is 3. The molecule has 0 fully saturated rings. The highest BCUT2D eigenvalue weighted by Gasteiger charge is 2.16. The number of aromatic nitrogens is 1. The van der Waals surface area contributed by atoms with Crippen LogP contribution in [0.25, 0.3) is 0 Å². The molecule has 0 amide bonds. The van der Waals surface area contributed by atoms with Crippen molar-refractivity contribution < 1.29 is 22.4 Å². The Morgan fingerprint density at radius 2 is 1.71 bits per heavy atom. The van der Waals surface area contributed by atoms with E-state index in [1.54, 1.807) is 30.3 Å². The standard InChI is InChI=1S/C20H22N2O5S/c1-13-5-6-17(25-4)11-20(13)22-28(23,24)18-9-7-16(8-10-18)26-12-19-14(2)21-27-15(19)3/h5-11,22H,12H2,1-4H3. The van der Waals surface area contributed by atoms with Gasteiger partial charge < -0.3 is 14.0 Å². The average Bonchev–Trinajstić information content (AvgIpc) is 3.00. The van der Waals surface area contributed by atoms with Crippen molar-refractivity contribution in [3.63, 3.8) is 0 Å². The van der Waals surface area contributed by atoms with Gasteiger partial charge in [0, 0.05) is 6.07 Å². The normalized spacial score (nSPS) is 11.3. The Kier molecular flexibility index (Phi) is 5.60. The molecule has 0 spiro atoms. The van der Waals surface area contributed by atoms with Crippen molar-refractivity contribution in [1.29, 1.82) is 0 Å². The lowest BCUT2D eigenvalue weighted by molar-refractivity contribution is 0.301. The minimum absolute atomic E-state index is 0.138. The summed E-state index contributed by atoms with van der Waals surface area (Å²) in [5, 5.41) is 3.88. The predicted octanol–water partition coefficient (Wildman–Crippen LogP) is 3.99. The third kappa shape index (κ3) is 4.28. The quantitative estimate of drug-likeness (QED) is 0.643. The first-order valence-electron chi connectivity index (χ1n) is 8.62. The molecule has 0 aliphatic rings. The van der Waals surface area contributed by atoms with E-state index in [1.165, 1.54) is 19.2 Å². The maximum atomic E-state index is 12.7. The molecule has 3 aromatic rings. The van der Waals surface area contributed by atoms with Gasteiger partial charge in [0.25, 0.3) is 10.0 Å². The second kappa shape index (κ2) is 7.93. The van der Waals surface area contributed by atoms with Crippen molar-refractivity contribution in [3.05, 3.63) is 65.0 Å². The molecule has 0 radical (unpaired) electrons. The highest BCUT2D eigenvalue weighted by Crippen LogP contribution is 2.25. The molecule has 148 valence electrons. The van der Waals surface area contributed by atoms with Gasteiger partial charge in [-0.05, 0) is 56.7 Å². The van der Waals surface area contributed by atoms with Crippen molar-refractivity contribution in [2.45, 2.75) is 32.3 Å². The number of nitrogens with zero attached hydrogens (tertiary/aromatic N) is 1. The first-order chi connectivity index (χ1) is 13.3. The van der Waals surface area contributed by atoms with Gasteiger partial charge in [0.1, 0.15) is 23.9 Å². The molecule has 2 aromatic carbocycles. The van der Waals surface area contributed by atoms with Gasteiger partial charge in [-0.1, -0.05) is 11.2 Å². The molecule has 1 aromatic heterocycles. The van der Waals surface area contributed by atoms with Crippen molar-refractivity contribution in [1.82, 2.24) is 5.16 Å². The number of methoxy groups -OCH3 is 1. The van der Waals surface area contributed by atoms with Gasteiger partial charge in [-0.15, -0.1) is 0 Å². The molecule has 0 atom stereocenters. The van der Waals surface area contributed by atoms with Gasteiger partial charge in [0.2, 0.25) is 0 Å². The summed E-state index contributed by atoms with van der Waals surface area (Å²) < 4.78 is 43.9. The van der Waals surface area contributed by atoms with Gasteiger partial charge in [0.15, 0.2) is 0 Å². The van der Waals surface area contributed by atoms with Gasteiger partial charge in [0.05, 0.1) is 29.0 Å². The second-order valence-corrected chi connectivity index (χ2v) is 8.03. The van der Waals surface area contributed by atoms with E-state index < -0.39 is 10.0 Å². The number of rotatable bonds is 7. The van der Waals surface area contributed by atoms with Crippen LogP contribution in [0.2, 0.25) is 0 Å². The van der Waals surface area contributed by atoms with E-state index in [-0.39, 0.29) is 4.90 Å². The first kappa shape index (κ1) is 19.8. The van der Waals surface area contributed by atoms with E-state index in [9.17, 15) is 8.42 Å². The molecule has 1 N–H and O–H groups in total. The maximum absolute atomic E-state index is 12.7. The predicted molar refractivity (Wildman–Crippen MR) is 105 cm³/mol. The largest absolute Gasteiger partial charge is 0.497 e. The third-order valence-electron chi connectivity index (χ3n) is 4.39. The van der Waals surface area contributed by atoms with Crippen LogP contribution in [-0.4, -0.2) is 20.7 Å². The van der Waals surface area contributed by atoms with Crippen LogP contribution < -0.4 is 14.2 Å². The molecule has 0 saturated carbocycles. The van der Waals surface area contributed by atoms with E-state index in [1.807, 2.05) is 20.8 Å². The van der Waals surface area contributed by atoms with Crippen molar-refractivity contribution in [2.24, 2.45) is 0 Å². The summed E-state index contributed by atoms with van der Waals surface area (Å²) in [6.45, 7) is 5.79. The van der Waals surface area contributed by atoms with Crippen molar-refractivity contribution >= 4 is 15.7 Å².